The summed E-state index contributed by atoms with van der Waals surface area (Å²) in [5.74, 6) is 0.955. The number of aromatic nitrogens is 1. The predicted octanol–water partition coefficient (Wildman–Crippen LogP) is 3.48. The molecule has 0 bridgehead atoms. The summed E-state index contributed by atoms with van der Waals surface area (Å²) in [5.41, 5.74) is 8.21. The molecule has 1 heterocycles. The maximum absolute atomic E-state index is 11.9. The fourth-order valence-corrected chi connectivity index (χ4v) is 2.74. The van der Waals surface area contributed by atoms with Crippen LogP contribution in [-0.2, 0) is 4.79 Å². The minimum Gasteiger partial charge on any atom is -0.399 e. The van der Waals surface area contributed by atoms with Gasteiger partial charge in [0.2, 0.25) is 5.91 Å². The maximum Gasteiger partial charge on any atom is 0.224 e. The monoisotopic (exact) mass is 301 g/mol. The Bertz CT molecular complexity index is 602. The van der Waals surface area contributed by atoms with Gasteiger partial charge >= 0.3 is 0 Å². The minimum atomic E-state index is 0.0400. The van der Waals surface area contributed by atoms with Gasteiger partial charge in [0.25, 0.3) is 0 Å². The van der Waals surface area contributed by atoms with Crippen LogP contribution in [0.3, 0.4) is 0 Å². The molecule has 0 aliphatic rings. The van der Waals surface area contributed by atoms with E-state index in [9.17, 15) is 4.79 Å². The first kappa shape index (κ1) is 15.4. The van der Waals surface area contributed by atoms with Crippen LogP contribution in [0.1, 0.15) is 18.4 Å². The molecular formula is C16H19N3OS. The molecule has 0 fully saturated rings. The molecule has 5 heteroatoms. The summed E-state index contributed by atoms with van der Waals surface area (Å²) >= 11 is 1.74. The molecule has 0 atom stereocenters. The van der Waals surface area contributed by atoms with Crippen molar-refractivity contribution in [2.75, 3.05) is 16.8 Å². The Balaban J connectivity index is 1.72. The van der Waals surface area contributed by atoms with Gasteiger partial charge in [-0.25, -0.2) is 0 Å². The Morgan fingerprint density at radius 1 is 1.29 bits per heavy atom. The summed E-state index contributed by atoms with van der Waals surface area (Å²) in [6, 6.07) is 9.44. The lowest BCUT2D eigenvalue weighted by atomic mass is 10.1. The Labute approximate surface area is 129 Å². The summed E-state index contributed by atoms with van der Waals surface area (Å²) in [6.45, 7) is 1.94. The normalized spacial score (nSPS) is 10.3. The lowest BCUT2D eigenvalue weighted by Gasteiger charge is -2.09. The molecule has 2 rings (SSSR count). The van der Waals surface area contributed by atoms with Crippen LogP contribution in [0.2, 0.25) is 0 Å². The molecule has 1 aromatic heterocycles. The van der Waals surface area contributed by atoms with E-state index in [1.807, 2.05) is 31.2 Å². The molecule has 0 aliphatic heterocycles. The van der Waals surface area contributed by atoms with Crippen LogP contribution in [0.4, 0.5) is 11.4 Å². The van der Waals surface area contributed by atoms with Crippen molar-refractivity contribution in [3.05, 3.63) is 48.3 Å². The smallest absolute Gasteiger partial charge is 0.224 e. The van der Waals surface area contributed by atoms with Gasteiger partial charge in [-0.15, -0.1) is 11.8 Å². The number of nitrogens with two attached hydrogens (primary N) is 1. The Kier molecular flexibility index (Phi) is 5.63. The first-order chi connectivity index (χ1) is 10.1. The van der Waals surface area contributed by atoms with E-state index in [2.05, 4.69) is 10.3 Å². The molecule has 0 spiro atoms. The van der Waals surface area contributed by atoms with Gasteiger partial charge in [0.05, 0.1) is 0 Å². The van der Waals surface area contributed by atoms with Gasteiger partial charge in [-0.05, 0) is 55.0 Å². The number of carbonyl (C=O) groups is 1. The number of pyridine rings is 1. The van der Waals surface area contributed by atoms with Crippen molar-refractivity contribution in [1.29, 1.82) is 0 Å². The van der Waals surface area contributed by atoms with Crippen LogP contribution in [0, 0.1) is 6.92 Å². The van der Waals surface area contributed by atoms with Crippen molar-refractivity contribution in [2.24, 2.45) is 0 Å². The van der Waals surface area contributed by atoms with E-state index in [0.717, 1.165) is 23.4 Å². The SMILES string of the molecule is Cc1cc(N)ccc1NC(=O)CCCSc1ccncc1. The molecule has 1 aromatic carbocycles. The van der Waals surface area contributed by atoms with E-state index >= 15 is 0 Å². The number of nitrogens with one attached hydrogen (secondary N) is 1. The highest BCUT2D eigenvalue weighted by molar-refractivity contribution is 7.99. The summed E-state index contributed by atoms with van der Waals surface area (Å²) in [7, 11) is 0. The van der Waals surface area contributed by atoms with Crippen LogP contribution in [-0.4, -0.2) is 16.6 Å². The molecule has 4 nitrogen and oxygen atoms in total. The second-order valence-corrected chi connectivity index (χ2v) is 5.93. The molecule has 0 saturated carbocycles. The summed E-state index contributed by atoms with van der Waals surface area (Å²) in [4.78, 5) is 17.1. The van der Waals surface area contributed by atoms with Crippen LogP contribution in [0.25, 0.3) is 0 Å². The summed E-state index contributed by atoms with van der Waals surface area (Å²) in [6.07, 6.45) is 4.91. The van der Waals surface area contributed by atoms with Crippen molar-refractivity contribution in [3.8, 4) is 0 Å². The first-order valence-electron chi connectivity index (χ1n) is 6.84. The van der Waals surface area contributed by atoms with E-state index in [-0.39, 0.29) is 5.91 Å². The summed E-state index contributed by atoms with van der Waals surface area (Å²) < 4.78 is 0. The van der Waals surface area contributed by atoms with E-state index in [1.54, 1.807) is 30.2 Å². The number of nitrogens with zero attached hydrogens (tertiary/aromatic N) is 1. The average Bonchev–Trinajstić information content (AvgIpc) is 2.48. The van der Waals surface area contributed by atoms with Crippen molar-refractivity contribution < 1.29 is 4.79 Å². The van der Waals surface area contributed by atoms with Gasteiger partial charge in [-0.3, -0.25) is 9.78 Å². The Morgan fingerprint density at radius 2 is 2.05 bits per heavy atom. The molecule has 1 amide bonds. The molecule has 0 saturated heterocycles. The third kappa shape index (κ3) is 5.11. The van der Waals surface area contributed by atoms with Gasteiger partial charge in [0, 0.05) is 35.1 Å². The quantitative estimate of drug-likeness (QED) is 0.487. The van der Waals surface area contributed by atoms with E-state index in [4.69, 9.17) is 5.73 Å². The number of anilines is 2. The van der Waals surface area contributed by atoms with Gasteiger partial charge < -0.3 is 11.1 Å². The van der Waals surface area contributed by atoms with E-state index in [1.165, 1.54) is 4.90 Å². The number of benzene rings is 1. The van der Waals surface area contributed by atoms with E-state index in [0.29, 0.717) is 12.1 Å². The standard InChI is InChI=1S/C16H19N3OS/c1-12-11-13(17)4-5-15(12)19-16(20)3-2-10-21-14-6-8-18-9-7-14/h4-9,11H,2-3,10,17H2,1H3,(H,19,20). The number of hydrogen-bond donors (Lipinski definition) is 2. The molecule has 2 aromatic rings. The number of carbonyl (C=O) groups excluding carboxylic acids is 1. The van der Waals surface area contributed by atoms with Gasteiger partial charge in [0.1, 0.15) is 0 Å². The van der Waals surface area contributed by atoms with Crippen molar-refractivity contribution >= 4 is 29.0 Å². The fourth-order valence-electron chi connectivity index (χ4n) is 1.90. The van der Waals surface area contributed by atoms with Gasteiger partial charge in [-0.2, -0.15) is 0 Å². The molecule has 0 unspecified atom stereocenters. The molecule has 3 N–H and O–H groups in total. The Morgan fingerprint density at radius 3 is 2.76 bits per heavy atom. The van der Waals surface area contributed by atoms with Crippen molar-refractivity contribution in [3.63, 3.8) is 0 Å². The van der Waals surface area contributed by atoms with Crippen LogP contribution in [0.5, 0.6) is 0 Å². The zero-order valence-electron chi connectivity index (χ0n) is 12.0. The first-order valence-corrected chi connectivity index (χ1v) is 7.82. The van der Waals surface area contributed by atoms with Crippen LogP contribution in [0.15, 0.2) is 47.6 Å². The van der Waals surface area contributed by atoms with Crippen LogP contribution < -0.4 is 11.1 Å². The zero-order valence-corrected chi connectivity index (χ0v) is 12.8. The number of nitrogen functional groups attached to an aromatic ring is 1. The molecule has 21 heavy (non-hydrogen) atoms. The third-order valence-corrected chi connectivity index (χ3v) is 4.09. The zero-order chi connectivity index (χ0) is 15.1. The van der Waals surface area contributed by atoms with Crippen molar-refractivity contribution in [1.82, 2.24) is 4.98 Å². The number of hydrogen-bond acceptors (Lipinski definition) is 4. The number of rotatable bonds is 6. The largest absolute Gasteiger partial charge is 0.399 e. The molecule has 110 valence electrons. The van der Waals surface area contributed by atoms with E-state index < -0.39 is 0 Å². The summed E-state index contributed by atoms with van der Waals surface area (Å²) in [5, 5.41) is 2.92. The number of aryl methyl sites for hydroxylation is 1. The highest BCUT2D eigenvalue weighted by Crippen LogP contribution is 2.19. The second-order valence-electron chi connectivity index (χ2n) is 4.76. The highest BCUT2D eigenvalue weighted by atomic mass is 32.2. The molecule has 0 aliphatic carbocycles. The van der Waals surface area contributed by atoms with Gasteiger partial charge in [-0.1, -0.05) is 0 Å². The molecule has 0 radical (unpaired) electrons. The number of amides is 1. The third-order valence-electron chi connectivity index (χ3n) is 2.99. The molecular weight excluding hydrogens is 282 g/mol. The number of thioether (sulfide) groups is 1. The fraction of sp³-hybridized carbons (Fsp3) is 0.250. The topological polar surface area (TPSA) is 68.0 Å². The second kappa shape index (κ2) is 7.69. The minimum absolute atomic E-state index is 0.0400. The van der Waals surface area contributed by atoms with Crippen molar-refractivity contribution in [2.45, 2.75) is 24.7 Å². The average molecular weight is 301 g/mol. The lowest BCUT2D eigenvalue weighted by molar-refractivity contribution is -0.116. The Hall–Kier alpha value is -2.01. The lowest BCUT2D eigenvalue weighted by Crippen LogP contribution is -2.12. The predicted molar refractivity (Wildman–Crippen MR) is 88.4 cm³/mol. The maximum atomic E-state index is 11.9. The van der Waals surface area contributed by atoms with Gasteiger partial charge in [0.15, 0.2) is 0 Å². The van der Waals surface area contributed by atoms with Crippen LogP contribution >= 0.6 is 11.8 Å². The highest BCUT2D eigenvalue weighted by Gasteiger charge is 2.05.